The van der Waals surface area contributed by atoms with E-state index in [1.165, 1.54) is 6.20 Å². The van der Waals surface area contributed by atoms with Gasteiger partial charge in [0.15, 0.2) is 0 Å². The number of nitrogens with one attached hydrogen (secondary N) is 1. The maximum Gasteiger partial charge on any atom is 0.230 e. The number of benzene rings is 1. The Morgan fingerprint density at radius 3 is 2.81 bits per heavy atom. The van der Waals surface area contributed by atoms with Crippen LogP contribution in [0.25, 0.3) is 0 Å². The summed E-state index contributed by atoms with van der Waals surface area (Å²) in [6, 6.07) is 7.19. The number of nitrogen functional groups attached to an aromatic ring is 1. The number of nitrogens with zero attached hydrogens (tertiary/aromatic N) is 1. The first-order valence-corrected chi connectivity index (χ1v) is 7.13. The average Bonchev–Trinajstić information content (AvgIpc) is 2.44. The third kappa shape index (κ3) is 3.95. The largest absolute Gasteiger partial charge is 0.495 e. The highest BCUT2D eigenvalue weighted by atomic mass is 79.9. The summed E-state index contributed by atoms with van der Waals surface area (Å²) in [6.07, 6.45) is 1.72. The Hall–Kier alpha value is -2.08. The van der Waals surface area contributed by atoms with E-state index in [1.54, 1.807) is 19.2 Å². The van der Waals surface area contributed by atoms with Gasteiger partial charge >= 0.3 is 0 Å². The van der Waals surface area contributed by atoms with Crippen LogP contribution in [0.15, 0.2) is 34.9 Å². The monoisotopic (exact) mass is 349 g/mol. The first kappa shape index (κ1) is 15.3. The van der Waals surface area contributed by atoms with Crippen LogP contribution >= 0.6 is 15.9 Å². The minimum atomic E-state index is -0.156. The molecule has 2 aromatic rings. The minimum Gasteiger partial charge on any atom is -0.495 e. The summed E-state index contributed by atoms with van der Waals surface area (Å²) in [4.78, 5) is 16.2. The molecule has 0 unspecified atom stereocenters. The Bertz CT molecular complexity index is 657. The molecular formula is C15H16BrN3O2. The molecular weight excluding hydrogens is 334 g/mol. The molecule has 0 fully saturated rings. The van der Waals surface area contributed by atoms with Gasteiger partial charge in [0.05, 0.1) is 31.1 Å². The number of pyridine rings is 1. The molecule has 2 rings (SSSR count). The number of carbonyl (C=O) groups excluding carboxylic acids is 1. The Morgan fingerprint density at radius 2 is 2.19 bits per heavy atom. The van der Waals surface area contributed by atoms with E-state index < -0.39 is 0 Å². The van der Waals surface area contributed by atoms with Gasteiger partial charge in [-0.25, -0.2) is 0 Å². The first-order valence-electron chi connectivity index (χ1n) is 6.34. The van der Waals surface area contributed by atoms with Crippen LogP contribution in [0.3, 0.4) is 0 Å². The number of anilines is 2. The molecule has 0 bridgehead atoms. The Morgan fingerprint density at radius 1 is 1.43 bits per heavy atom. The average molecular weight is 350 g/mol. The summed E-state index contributed by atoms with van der Waals surface area (Å²) < 4.78 is 6.20. The van der Waals surface area contributed by atoms with Crippen molar-refractivity contribution in [3.05, 3.63) is 46.2 Å². The number of rotatable bonds is 4. The van der Waals surface area contributed by atoms with Gasteiger partial charge < -0.3 is 15.8 Å². The van der Waals surface area contributed by atoms with E-state index in [2.05, 4.69) is 26.2 Å². The van der Waals surface area contributed by atoms with Gasteiger partial charge in [-0.3, -0.25) is 9.78 Å². The number of nitrogens with two attached hydrogens (primary N) is 1. The van der Waals surface area contributed by atoms with Crippen molar-refractivity contribution in [2.45, 2.75) is 13.3 Å². The molecule has 0 spiro atoms. The second kappa shape index (κ2) is 6.58. The number of amides is 1. The first-order chi connectivity index (χ1) is 9.99. The molecule has 1 amide bonds. The standard InChI is InChI=1S/C15H16BrN3O2/c1-9-5-10(16)6-13(21-2)15(9)19-14(20)7-12-4-3-11(17)8-18-12/h3-6,8H,7,17H2,1-2H3,(H,19,20). The van der Waals surface area contributed by atoms with E-state index in [0.29, 0.717) is 22.8 Å². The Labute approximate surface area is 131 Å². The van der Waals surface area contributed by atoms with Gasteiger partial charge in [0.25, 0.3) is 0 Å². The van der Waals surface area contributed by atoms with E-state index in [-0.39, 0.29) is 12.3 Å². The summed E-state index contributed by atoms with van der Waals surface area (Å²) in [5, 5.41) is 2.86. The molecule has 5 nitrogen and oxygen atoms in total. The van der Waals surface area contributed by atoms with Crippen LogP contribution in [0, 0.1) is 6.92 Å². The van der Waals surface area contributed by atoms with Gasteiger partial charge in [0, 0.05) is 10.2 Å². The van der Waals surface area contributed by atoms with E-state index in [4.69, 9.17) is 10.5 Å². The third-order valence-corrected chi connectivity index (χ3v) is 3.40. The van der Waals surface area contributed by atoms with Crippen LogP contribution in [-0.2, 0) is 11.2 Å². The Kier molecular flexibility index (Phi) is 4.80. The highest BCUT2D eigenvalue weighted by molar-refractivity contribution is 9.10. The number of ether oxygens (including phenoxy) is 1. The lowest BCUT2D eigenvalue weighted by Crippen LogP contribution is -2.16. The van der Waals surface area contributed by atoms with Gasteiger partial charge in [-0.1, -0.05) is 15.9 Å². The highest BCUT2D eigenvalue weighted by Gasteiger charge is 2.12. The Balaban J connectivity index is 2.14. The predicted molar refractivity (Wildman–Crippen MR) is 86.4 cm³/mol. The zero-order valence-corrected chi connectivity index (χ0v) is 13.4. The quantitative estimate of drug-likeness (QED) is 0.889. The lowest BCUT2D eigenvalue weighted by molar-refractivity contribution is -0.115. The normalized spacial score (nSPS) is 10.2. The summed E-state index contributed by atoms with van der Waals surface area (Å²) in [6.45, 7) is 1.91. The summed E-state index contributed by atoms with van der Waals surface area (Å²) in [5.74, 6) is 0.455. The molecule has 1 heterocycles. The van der Waals surface area contributed by atoms with Gasteiger partial charge in [-0.05, 0) is 36.8 Å². The second-order valence-corrected chi connectivity index (χ2v) is 5.52. The summed E-state index contributed by atoms with van der Waals surface area (Å²) >= 11 is 3.40. The fourth-order valence-corrected chi connectivity index (χ4v) is 2.47. The lowest BCUT2D eigenvalue weighted by Gasteiger charge is -2.13. The lowest BCUT2D eigenvalue weighted by atomic mass is 10.1. The number of hydrogen-bond acceptors (Lipinski definition) is 4. The molecule has 0 radical (unpaired) electrons. The fourth-order valence-electron chi connectivity index (χ4n) is 1.92. The van der Waals surface area contributed by atoms with Crippen molar-refractivity contribution >= 4 is 33.2 Å². The van der Waals surface area contributed by atoms with Gasteiger partial charge in [-0.2, -0.15) is 0 Å². The second-order valence-electron chi connectivity index (χ2n) is 4.61. The number of aryl methyl sites for hydroxylation is 1. The van der Waals surface area contributed by atoms with Gasteiger partial charge in [0.2, 0.25) is 5.91 Å². The van der Waals surface area contributed by atoms with Crippen molar-refractivity contribution in [2.75, 3.05) is 18.2 Å². The highest BCUT2D eigenvalue weighted by Crippen LogP contribution is 2.32. The molecule has 21 heavy (non-hydrogen) atoms. The molecule has 0 saturated heterocycles. The number of methoxy groups -OCH3 is 1. The summed E-state index contributed by atoms with van der Waals surface area (Å²) in [5.41, 5.74) is 8.39. The SMILES string of the molecule is COc1cc(Br)cc(C)c1NC(=O)Cc1ccc(N)cn1. The van der Waals surface area contributed by atoms with Crippen molar-refractivity contribution in [1.82, 2.24) is 4.98 Å². The molecule has 0 saturated carbocycles. The maximum atomic E-state index is 12.1. The smallest absolute Gasteiger partial charge is 0.230 e. The molecule has 0 aliphatic carbocycles. The molecule has 110 valence electrons. The maximum absolute atomic E-state index is 12.1. The number of hydrogen-bond donors (Lipinski definition) is 2. The van der Waals surface area contributed by atoms with Crippen LogP contribution in [0.2, 0.25) is 0 Å². The van der Waals surface area contributed by atoms with Crippen LogP contribution in [0.4, 0.5) is 11.4 Å². The van der Waals surface area contributed by atoms with Crippen molar-refractivity contribution < 1.29 is 9.53 Å². The topological polar surface area (TPSA) is 77.2 Å². The van der Waals surface area contributed by atoms with Crippen LogP contribution in [0.1, 0.15) is 11.3 Å². The van der Waals surface area contributed by atoms with Crippen LogP contribution < -0.4 is 15.8 Å². The zero-order valence-electron chi connectivity index (χ0n) is 11.8. The van der Waals surface area contributed by atoms with Crippen molar-refractivity contribution in [3.8, 4) is 5.75 Å². The predicted octanol–water partition coefficient (Wildman–Crippen LogP) is 2.92. The molecule has 3 N–H and O–H groups in total. The number of aromatic nitrogens is 1. The molecule has 1 aromatic heterocycles. The minimum absolute atomic E-state index is 0.156. The van der Waals surface area contributed by atoms with E-state index >= 15 is 0 Å². The zero-order chi connectivity index (χ0) is 15.4. The van der Waals surface area contributed by atoms with Gasteiger partial charge in [-0.15, -0.1) is 0 Å². The van der Waals surface area contributed by atoms with Crippen molar-refractivity contribution in [1.29, 1.82) is 0 Å². The van der Waals surface area contributed by atoms with E-state index in [0.717, 1.165) is 10.0 Å². The fraction of sp³-hybridized carbons (Fsp3) is 0.200. The molecule has 0 aliphatic rings. The van der Waals surface area contributed by atoms with Crippen LogP contribution in [-0.4, -0.2) is 18.0 Å². The van der Waals surface area contributed by atoms with Crippen LogP contribution in [0.5, 0.6) is 5.75 Å². The number of halogens is 1. The number of carbonyl (C=O) groups is 1. The summed E-state index contributed by atoms with van der Waals surface area (Å²) in [7, 11) is 1.57. The van der Waals surface area contributed by atoms with E-state index in [9.17, 15) is 4.79 Å². The molecule has 0 aliphatic heterocycles. The van der Waals surface area contributed by atoms with Crippen molar-refractivity contribution in [3.63, 3.8) is 0 Å². The molecule has 6 heteroatoms. The third-order valence-electron chi connectivity index (χ3n) is 2.94. The molecule has 1 aromatic carbocycles. The van der Waals surface area contributed by atoms with E-state index in [1.807, 2.05) is 19.1 Å². The van der Waals surface area contributed by atoms with Crippen molar-refractivity contribution in [2.24, 2.45) is 0 Å². The molecule has 0 atom stereocenters. The van der Waals surface area contributed by atoms with Gasteiger partial charge in [0.1, 0.15) is 5.75 Å².